The Morgan fingerprint density at radius 1 is 1.47 bits per heavy atom. The van der Waals surface area contributed by atoms with Crippen molar-refractivity contribution < 1.29 is 9.32 Å². The highest BCUT2D eigenvalue weighted by Gasteiger charge is 2.29. The van der Waals surface area contributed by atoms with Crippen molar-refractivity contribution in [1.82, 2.24) is 15.0 Å². The Morgan fingerprint density at radius 2 is 2.33 bits per heavy atom. The first kappa shape index (κ1) is 9.03. The van der Waals surface area contributed by atoms with Crippen molar-refractivity contribution in [1.29, 1.82) is 0 Å². The van der Waals surface area contributed by atoms with Crippen molar-refractivity contribution in [2.24, 2.45) is 0 Å². The third-order valence-corrected chi connectivity index (χ3v) is 2.89. The van der Waals surface area contributed by atoms with Crippen LogP contribution < -0.4 is 0 Å². The number of carbonyl (C=O) groups excluding carboxylic acids is 1. The molecule has 0 amide bonds. The zero-order chi connectivity index (χ0) is 10.3. The van der Waals surface area contributed by atoms with E-state index in [4.69, 9.17) is 4.52 Å². The SMILES string of the molecule is O=C1CCN(Cc2nc(C3CC3)no2)C1. The lowest BCUT2D eigenvalue weighted by atomic mass is 10.4. The molecule has 1 saturated heterocycles. The summed E-state index contributed by atoms with van der Waals surface area (Å²) in [6.45, 7) is 1.96. The molecule has 2 heterocycles. The Morgan fingerprint density at radius 3 is 3.00 bits per heavy atom. The monoisotopic (exact) mass is 207 g/mol. The summed E-state index contributed by atoms with van der Waals surface area (Å²) in [6, 6.07) is 0. The molecule has 1 aromatic heterocycles. The van der Waals surface area contributed by atoms with Crippen LogP contribution in [0.15, 0.2) is 4.52 Å². The highest BCUT2D eigenvalue weighted by atomic mass is 16.5. The van der Waals surface area contributed by atoms with Crippen molar-refractivity contribution in [3.63, 3.8) is 0 Å². The van der Waals surface area contributed by atoms with Gasteiger partial charge in [-0.25, -0.2) is 0 Å². The maximum Gasteiger partial charge on any atom is 0.240 e. The van der Waals surface area contributed by atoms with Crippen molar-refractivity contribution >= 4 is 5.78 Å². The zero-order valence-electron chi connectivity index (χ0n) is 8.48. The van der Waals surface area contributed by atoms with Gasteiger partial charge in [0.25, 0.3) is 0 Å². The van der Waals surface area contributed by atoms with Crippen molar-refractivity contribution in [2.75, 3.05) is 13.1 Å². The molecule has 0 atom stereocenters. The number of likely N-dealkylation sites (tertiary alicyclic amines) is 1. The minimum atomic E-state index is 0.303. The predicted molar refractivity (Wildman–Crippen MR) is 51.2 cm³/mol. The Bertz CT molecular complexity index is 384. The molecule has 1 aliphatic heterocycles. The third kappa shape index (κ3) is 1.92. The van der Waals surface area contributed by atoms with Gasteiger partial charge in [-0.15, -0.1) is 0 Å². The third-order valence-electron chi connectivity index (χ3n) is 2.89. The summed E-state index contributed by atoms with van der Waals surface area (Å²) in [5.41, 5.74) is 0. The predicted octanol–water partition coefficient (Wildman–Crippen LogP) is 0.722. The van der Waals surface area contributed by atoms with Gasteiger partial charge in [0.2, 0.25) is 5.89 Å². The van der Waals surface area contributed by atoms with Crippen LogP contribution >= 0.6 is 0 Å². The van der Waals surface area contributed by atoms with Gasteiger partial charge in [0, 0.05) is 18.9 Å². The van der Waals surface area contributed by atoms with Gasteiger partial charge in [-0.1, -0.05) is 5.16 Å². The smallest absolute Gasteiger partial charge is 0.240 e. The number of ketones is 1. The van der Waals surface area contributed by atoms with Crippen LogP contribution in [0.3, 0.4) is 0 Å². The number of hydrogen-bond donors (Lipinski definition) is 0. The second-order valence-corrected chi connectivity index (χ2v) is 4.32. The second-order valence-electron chi connectivity index (χ2n) is 4.32. The van der Waals surface area contributed by atoms with E-state index in [1.165, 1.54) is 12.8 Å². The Hall–Kier alpha value is -1.23. The summed E-state index contributed by atoms with van der Waals surface area (Å²) in [4.78, 5) is 17.4. The van der Waals surface area contributed by atoms with E-state index in [1.807, 2.05) is 4.90 Å². The molecule has 5 heteroatoms. The Kier molecular flexibility index (Phi) is 2.05. The van der Waals surface area contributed by atoms with E-state index in [2.05, 4.69) is 10.1 Å². The van der Waals surface area contributed by atoms with E-state index in [-0.39, 0.29) is 0 Å². The number of hydrogen-bond acceptors (Lipinski definition) is 5. The summed E-state index contributed by atoms with van der Waals surface area (Å²) in [6.07, 6.45) is 3.02. The van der Waals surface area contributed by atoms with Crippen molar-refractivity contribution in [3.05, 3.63) is 11.7 Å². The van der Waals surface area contributed by atoms with Crippen LogP contribution in [0.5, 0.6) is 0 Å². The average Bonchev–Trinajstić information content (AvgIpc) is 2.84. The van der Waals surface area contributed by atoms with Crippen LogP contribution in [0.2, 0.25) is 0 Å². The summed E-state index contributed by atoms with van der Waals surface area (Å²) in [7, 11) is 0. The molecule has 1 saturated carbocycles. The van der Waals surface area contributed by atoms with E-state index in [0.717, 1.165) is 12.4 Å². The average molecular weight is 207 g/mol. The van der Waals surface area contributed by atoms with Gasteiger partial charge in [-0.3, -0.25) is 9.69 Å². The van der Waals surface area contributed by atoms with E-state index in [9.17, 15) is 4.79 Å². The minimum Gasteiger partial charge on any atom is -0.338 e. The molecule has 1 aliphatic carbocycles. The molecule has 0 spiro atoms. The number of aromatic nitrogens is 2. The molecular weight excluding hydrogens is 194 g/mol. The van der Waals surface area contributed by atoms with Crippen molar-refractivity contribution in [3.8, 4) is 0 Å². The van der Waals surface area contributed by atoms with E-state index in [1.54, 1.807) is 0 Å². The van der Waals surface area contributed by atoms with Crippen LogP contribution in [0.4, 0.5) is 0 Å². The summed E-state index contributed by atoms with van der Waals surface area (Å²) in [5.74, 6) is 2.32. The summed E-state index contributed by atoms with van der Waals surface area (Å²) in [5, 5.41) is 3.94. The number of carbonyl (C=O) groups is 1. The molecule has 80 valence electrons. The largest absolute Gasteiger partial charge is 0.338 e. The number of Topliss-reactive ketones (excluding diaryl/α,β-unsaturated/α-hetero) is 1. The van der Waals surface area contributed by atoms with E-state index >= 15 is 0 Å². The molecule has 1 aromatic rings. The fourth-order valence-corrected chi connectivity index (χ4v) is 1.86. The van der Waals surface area contributed by atoms with Gasteiger partial charge in [-0.05, 0) is 12.8 Å². The van der Waals surface area contributed by atoms with Gasteiger partial charge < -0.3 is 4.52 Å². The highest BCUT2D eigenvalue weighted by Crippen LogP contribution is 2.38. The van der Waals surface area contributed by atoms with Gasteiger partial charge in [0.15, 0.2) is 5.82 Å². The molecule has 2 fully saturated rings. The zero-order valence-corrected chi connectivity index (χ0v) is 8.48. The normalized spacial score (nSPS) is 22.5. The topological polar surface area (TPSA) is 59.2 Å². The highest BCUT2D eigenvalue weighted by molar-refractivity contribution is 5.82. The van der Waals surface area contributed by atoms with E-state index < -0.39 is 0 Å². The van der Waals surface area contributed by atoms with Gasteiger partial charge in [0.1, 0.15) is 5.78 Å². The van der Waals surface area contributed by atoms with E-state index in [0.29, 0.717) is 37.1 Å². The minimum absolute atomic E-state index is 0.303. The molecule has 15 heavy (non-hydrogen) atoms. The maximum atomic E-state index is 11.1. The fraction of sp³-hybridized carbons (Fsp3) is 0.700. The molecule has 2 aliphatic rings. The molecule has 0 N–H and O–H groups in total. The second kappa shape index (κ2) is 3.41. The van der Waals surface area contributed by atoms with Gasteiger partial charge >= 0.3 is 0 Å². The molecule has 5 nitrogen and oxygen atoms in total. The maximum absolute atomic E-state index is 11.1. The lowest BCUT2D eigenvalue weighted by Crippen LogP contribution is -2.20. The molecule has 0 bridgehead atoms. The first-order valence-electron chi connectivity index (χ1n) is 5.38. The first-order chi connectivity index (χ1) is 7.31. The Balaban J connectivity index is 1.63. The lowest BCUT2D eigenvalue weighted by molar-refractivity contribution is -0.116. The van der Waals surface area contributed by atoms with Gasteiger partial charge in [-0.2, -0.15) is 4.98 Å². The quantitative estimate of drug-likeness (QED) is 0.731. The molecule has 0 radical (unpaired) electrons. The number of nitrogens with zero attached hydrogens (tertiary/aromatic N) is 3. The number of rotatable bonds is 3. The summed E-state index contributed by atoms with van der Waals surface area (Å²) >= 11 is 0. The van der Waals surface area contributed by atoms with Crippen LogP contribution in [-0.4, -0.2) is 33.9 Å². The molecule has 3 rings (SSSR count). The lowest BCUT2D eigenvalue weighted by Gasteiger charge is -2.08. The first-order valence-corrected chi connectivity index (χ1v) is 5.38. The molecule has 0 aromatic carbocycles. The fourth-order valence-electron chi connectivity index (χ4n) is 1.86. The molecule has 0 unspecified atom stereocenters. The summed E-state index contributed by atoms with van der Waals surface area (Å²) < 4.78 is 5.15. The van der Waals surface area contributed by atoms with Crippen LogP contribution in [-0.2, 0) is 11.3 Å². The Labute approximate surface area is 87.4 Å². The van der Waals surface area contributed by atoms with Crippen LogP contribution in [0, 0.1) is 0 Å². The van der Waals surface area contributed by atoms with Crippen LogP contribution in [0.1, 0.15) is 36.9 Å². The standard InChI is InChI=1S/C10H13N3O2/c14-8-3-4-13(5-8)6-9-11-10(12-15-9)7-1-2-7/h7H,1-6H2. The molecular formula is C10H13N3O2. The van der Waals surface area contributed by atoms with Gasteiger partial charge in [0.05, 0.1) is 13.1 Å². The van der Waals surface area contributed by atoms with Crippen LogP contribution in [0.25, 0.3) is 0 Å². The van der Waals surface area contributed by atoms with Crippen molar-refractivity contribution in [2.45, 2.75) is 31.7 Å².